The standard InChI is InChI=1S/C21H25N3O/c1-16-8-11-23(12-9-16)19-6-7-20(22-14-19)21(25)24-13-10-17-4-2-3-5-18(17)15-24/h2-7,14,16H,8-13,15H2,1H3. The Labute approximate surface area is 149 Å². The fourth-order valence-corrected chi connectivity index (χ4v) is 3.80. The van der Waals surface area contributed by atoms with Gasteiger partial charge in [-0.25, -0.2) is 4.98 Å². The number of hydrogen-bond acceptors (Lipinski definition) is 3. The van der Waals surface area contributed by atoms with E-state index in [1.165, 1.54) is 24.0 Å². The number of aromatic nitrogens is 1. The van der Waals surface area contributed by atoms with Gasteiger partial charge >= 0.3 is 0 Å². The summed E-state index contributed by atoms with van der Waals surface area (Å²) < 4.78 is 0. The molecule has 2 aromatic rings. The number of piperidine rings is 1. The molecule has 25 heavy (non-hydrogen) atoms. The van der Waals surface area contributed by atoms with Gasteiger partial charge in [-0.1, -0.05) is 31.2 Å². The summed E-state index contributed by atoms with van der Waals surface area (Å²) in [4.78, 5) is 21.5. The van der Waals surface area contributed by atoms with E-state index in [1.807, 2.05) is 29.3 Å². The molecule has 1 saturated heterocycles. The lowest BCUT2D eigenvalue weighted by Gasteiger charge is -2.32. The van der Waals surface area contributed by atoms with Crippen molar-refractivity contribution in [2.45, 2.75) is 32.7 Å². The van der Waals surface area contributed by atoms with E-state index in [-0.39, 0.29) is 5.91 Å². The van der Waals surface area contributed by atoms with Crippen molar-refractivity contribution in [1.29, 1.82) is 0 Å². The predicted molar refractivity (Wildman–Crippen MR) is 99.7 cm³/mol. The van der Waals surface area contributed by atoms with Crippen molar-refractivity contribution in [2.24, 2.45) is 5.92 Å². The van der Waals surface area contributed by atoms with Crippen LogP contribution in [0.25, 0.3) is 0 Å². The number of carbonyl (C=O) groups is 1. The van der Waals surface area contributed by atoms with E-state index in [9.17, 15) is 4.79 Å². The average molecular weight is 335 g/mol. The van der Waals surface area contributed by atoms with Gasteiger partial charge in [-0.05, 0) is 48.4 Å². The predicted octanol–water partition coefficient (Wildman–Crippen LogP) is 3.52. The minimum Gasteiger partial charge on any atom is -0.370 e. The first kappa shape index (κ1) is 16.1. The van der Waals surface area contributed by atoms with Crippen LogP contribution in [0.2, 0.25) is 0 Å². The Morgan fingerprint density at radius 1 is 1.04 bits per heavy atom. The van der Waals surface area contributed by atoms with Gasteiger partial charge in [-0.15, -0.1) is 0 Å². The van der Waals surface area contributed by atoms with Crippen molar-refractivity contribution >= 4 is 11.6 Å². The molecule has 2 aliphatic heterocycles. The van der Waals surface area contributed by atoms with E-state index in [0.717, 1.165) is 37.7 Å². The topological polar surface area (TPSA) is 36.4 Å². The molecule has 0 atom stereocenters. The molecule has 4 heteroatoms. The van der Waals surface area contributed by atoms with Gasteiger partial charge in [0.1, 0.15) is 5.69 Å². The Kier molecular flexibility index (Phi) is 4.43. The average Bonchev–Trinajstić information content (AvgIpc) is 2.68. The Balaban J connectivity index is 1.44. The molecule has 0 bridgehead atoms. The first-order chi connectivity index (χ1) is 12.2. The van der Waals surface area contributed by atoms with Crippen molar-refractivity contribution in [1.82, 2.24) is 9.88 Å². The second-order valence-electron chi connectivity index (χ2n) is 7.32. The summed E-state index contributed by atoms with van der Waals surface area (Å²) in [6, 6.07) is 12.3. The molecule has 0 N–H and O–H groups in total. The van der Waals surface area contributed by atoms with Crippen LogP contribution in [0.15, 0.2) is 42.6 Å². The van der Waals surface area contributed by atoms with Crippen LogP contribution in [0.1, 0.15) is 41.4 Å². The first-order valence-corrected chi connectivity index (χ1v) is 9.28. The molecule has 1 amide bonds. The number of amides is 1. The largest absolute Gasteiger partial charge is 0.370 e. The summed E-state index contributed by atoms with van der Waals surface area (Å²) in [5, 5.41) is 0. The van der Waals surface area contributed by atoms with E-state index in [2.05, 4.69) is 35.0 Å². The Bertz CT molecular complexity index is 748. The summed E-state index contributed by atoms with van der Waals surface area (Å²) in [6.45, 7) is 5.93. The lowest BCUT2D eigenvalue weighted by atomic mass is 9.99. The van der Waals surface area contributed by atoms with Crippen LogP contribution in [-0.4, -0.2) is 35.4 Å². The van der Waals surface area contributed by atoms with Gasteiger partial charge < -0.3 is 9.80 Å². The molecular formula is C21H25N3O. The van der Waals surface area contributed by atoms with E-state index in [4.69, 9.17) is 0 Å². The normalized spacial score (nSPS) is 18.1. The number of carbonyl (C=O) groups excluding carboxylic acids is 1. The van der Waals surface area contributed by atoms with Crippen LogP contribution in [0, 0.1) is 5.92 Å². The molecule has 0 aliphatic carbocycles. The fraction of sp³-hybridized carbons (Fsp3) is 0.429. The van der Waals surface area contributed by atoms with Crippen molar-refractivity contribution < 1.29 is 4.79 Å². The summed E-state index contributed by atoms with van der Waals surface area (Å²) in [7, 11) is 0. The minimum atomic E-state index is 0.0355. The maximum Gasteiger partial charge on any atom is 0.272 e. The van der Waals surface area contributed by atoms with Crippen molar-refractivity contribution in [3.8, 4) is 0 Å². The summed E-state index contributed by atoms with van der Waals surface area (Å²) in [6.07, 6.45) is 5.24. The number of nitrogens with zero attached hydrogens (tertiary/aromatic N) is 3. The van der Waals surface area contributed by atoms with Gasteiger partial charge in [0, 0.05) is 26.2 Å². The monoisotopic (exact) mass is 335 g/mol. The van der Waals surface area contributed by atoms with Gasteiger partial charge in [0.15, 0.2) is 0 Å². The number of fused-ring (bicyclic) bond motifs is 1. The molecule has 3 heterocycles. The summed E-state index contributed by atoms with van der Waals surface area (Å²) in [5.74, 6) is 0.848. The maximum absolute atomic E-state index is 12.8. The molecule has 130 valence electrons. The quantitative estimate of drug-likeness (QED) is 0.842. The zero-order valence-electron chi connectivity index (χ0n) is 14.8. The third-order valence-corrected chi connectivity index (χ3v) is 5.53. The number of anilines is 1. The van der Waals surface area contributed by atoms with Crippen LogP contribution in [-0.2, 0) is 13.0 Å². The second kappa shape index (κ2) is 6.87. The third-order valence-electron chi connectivity index (χ3n) is 5.53. The molecular weight excluding hydrogens is 310 g/mol. The summed E-state index contributed by atoms with van der Waals surface area (Å²) >= 11 is 0. The first-order valence-electron chi connectivity index (χ1n) is 9.28. The van der Waals surface area contributed by atoms with Gasteiger partial charge in [0.2, 0.25) is 0 Å². The summed E-state index contributed by atoms with van der Waals surface area (Å²) in [5.41, 5.74) is 4.29. The number of benzene rings is 1. The van der Waals surface area contributed by atoms with Crippen molar-refractivity contribution in [3.63, 3.8) is 0 Å². The molecule has 0 radical (unpaired) electrons. The van der Waals surface area contributed by atoms with E-state index >= 15 is 0 Å². The Hall–Kier alpha value is -2.36. The van der Waals surface area contributed by atoms with E-state index in [1.54, 1.807) is 0 Å². The third kappa shape index (κ3) is 3.39. The molecule has 0 unspecified atom stereocenters. The van der Waals surface area contributed by atoms with Gasteiger partial charge in [0.05, 0.1) is 11.9 Å². The second-order valence-corrected chi connectivity index (χ2v) is 7.32. The van der Waals surface area contributed by atoms with Crippen LogP contribution in [0.3, 0.4) is 0 Å². The number of hydrogen-bond donors (Lipinski definition) is 0. The number of rotatable bonds is 2. The van der Waals surface area contributed by atoms with Crippen molar-refractivity contribution in [2.75, 3.05) is 24.5 Å². The Morgan fingerprint density at radius 2 is 1.80 bits per heavy atom. The molecule has 1 fully saturated rings. The molecule has 4 rings (SSSR count). The van der Waals surface area contributed by atoms with E-state index in [0.29, 0.717) is 12.2 Å². The molecule has 1 aromatic carbocycles. The molecule has 0 saturated carbocycles. The zero-order chi connectivity index (χ0) is 17.2. The number of pyridine rings is 1. The highest BCUT2D eigenvalue weighted by molar-refractivity contribution is 5.92. The lowest BCUT2D eigenvalue weighted by molar-refractivity contribution is 0.0729. The van der Waals surface area contributed by atoms with Crippen LogP contribution in [0.5, 0.6) is 0 Å². The van der Waals surface area contributed by atoms with Gasteiger partial charge in [-0.3, -0.25) is 4.79 Å². The van der Waals surface area contributed by atoms with Crippen LogP contribution >= 0.6 is 0 Å². The van der Waals surface area contributed by atoms with Crippen LogP contribution in [0.4, 0.5) is 5.69 Å². The minimum absolute atomic E-state index is 0.0355. The highest BCUT2D eigenvalue weighted by atomic mass is 16.2. The highest BCUT2D eigenvalue weighted by Crippen LogP contribution is 2.23. The molecule has 1 aromatic heterocycles. The van der Waals surface area contributed by atoms with Crippen molar-refractivity contribution in [3.05, 3.63) is 59.4 Å². The molecule has 2 aliphatic rings. The molecule has 0 spiro atoms. The smallest absolute Gasteiger partial charge is 0.272 e. The fourth-order valence-electron chi connectivity index (χ4n) is 3.80. The zero-order valence-corrected chi connectivity index (χ0v) is 14.8. The SMILES string of the molecule is CC1CCN(c2ccc(C(=O)N3CCc4ccccc4C3)nc2)CC1. The Morgan fingerprint density at radius 3 is 2.52 bits per heavy atom. The lowest BCUT2D eigenvalue weighted by Crippen LogP contribution is -2.36. The van der Waals surface area contributed by atoms with E-state index < -0.39 is 0 Å². The van der Waals surface area contributed by atoms with Crippen LogP contribution < -0.4 is 4.90 Å². The van der Waals surface area contributed by atoms with Gasteiger partial charge in [0.25, 0.3) is 5.91 Å². The highest BCUT2D eigenvalue weighted by Gasteiger charge is 2.23. The molecule has 4 nitrogen and oxygen atoms in total. The van der Waals surface area contributed by atoms with Gasteiger partial charge in [-0.2, -0.15) is 0 Å². The maximum atomic E-state index is 12.8.